The quantitative estimate of drug-likeness (QED) is 0.393. The van der Waals surface area contributed by atoms with Gasteiger partial charge in [-0.3, -0.25) is 9.59 Å². The Kier molecular flexibility index (Phi) is 9.49. The number of hydrogen-bond acceptors (Lipinski definition) is 4. The second kappa shape index (κ2) is 12.2. The number of imidazole rings is 1. The molecule has 2 aromatic rings. The first-order valence-electron chi connectivity index (χ1n) is 12.6. The Balaban J connectivity index is 1.88. The number of carbonyl (C=O) groups is 2. The average Bonchev–Trinajstić information content (AvgIpc) is 3.20. The number of amides is 1. The summed E-state index contributed by atoms with van der Waals surface area (Å²) in [5.41, 5.74) is -1.51. The van der Waals surface area contributed by atoms with Crippen LogP contribution in [0.4, 0.5) is 13.2 Å². The molecule has 0 saturated heterocycles. The highest BCUT2D eigenvalue weighted by Crippen LogP contribution is 2.30. The molecule has 3 N–H and O–H groups in total. The van der Waals surface area contributed by atoms with Crippen molar-refractivity contribution in [2.75, 3.05) is 6.54 Å². The number of aliphatic carboxylic acids is 1. The summed E-state index contributed by atoms with van der Waals surface area (Å²) in [6.45, 7) is 3.85. The van der Waals surface area contributed by atoms with Crippen LogP contribution in [0.1, 0.15) is 79.7 Å². The van der Waals surface area contributed by atoms with Gasteiger partial charge in [-0.05, 0) is 79.7 Å². The highest BCUT2D eigenvalue weighted by molar-refractivity contribution is 6.29. The van der Waals surface area contributed by atoms with Crippen molar-refractivity contribution >= 4 is 23.5 Å². The van der Waals surface area contributed by atoms with Gasteiger partial charge in [-0.2, -0.15) is 13.2 Å². The lowest BCUT2D eigenvalue weighted by molar-refractivity contribution is -0.143. The predicted octanol–water partition coefficient (Wildman–Crippen LogP) is 5.13. The van der Waals surface area contributed by atoms with Crippen molar-refractivity contribution in [1.29, 1.82) is 0 Å². The molecule has 3 rings (SSSR count). The number of carboxylic acids is 1. The van der Waals surface area contributed by atoms with E-state index in [1.807, 2.05) is 0 Å². The molecule has 0 bridgehead atoms. The maximum Gasteiger partial charge on any atom is 0.416 e. The van der Waals surface area contributed by atoms with Gasteiger partial charge in [-0.25, -0.2) is 4.98 Å². The Bertz CT molecular complexity index is 1200. The van der Waals surface area contributed by atoms with Crippen LogP contribution < -0.4 is 5.32 Å². The van der Waals surface area contributed by atoms with E-state index >= 15 is 0 Å². The number of halogens is 4. The molecule has 1 amide bonds. The van der Waals surface area contributed by atoms with Gasteiger partial charge in [0.25, 0.3) is 5.91 Å². The third kappa shape index (κ3) is 7.29. The molecule has 38 heavy (non-hydrogen) atoms. The lowest BCUT2D eigenvalue weighted by Crippen LogP contribution is -2.34. The summed E-state index contributed by atoms with van der Waals surface area (Å²) >= 11 is 6.37. The summed E-state index contributed by atoms with van der Waals surface area (Å²) in [5.74, 6) is 3.96. The first-order chi connectivity index (χ1) is 17.9. The monoisotopic (exact) mass is 553 g/mol. The van der Waals surface area contributed by atoms with E-state index in [-0.39, 0.29) is 35.1 Å². The standard InChI is InChI=1S/C27H31ClF3N3O4/c1-3-26(38,4-2)14-13-21-22(23(35)32-15-17-5-9-19(10-6-17)24(36)37)34(25(28)33-21)16-18-7-11-20(12-8-18)27(29,30)31/h7-8,11-12,17,19,38H,3-6,9-10,15-16H2,1-2H3,(H,32,35)(H,36,37)/t17-,19-. The second-order valence-electron chi connectivity index (χ2n) is 9.61. The molecule has 1 aromatic carbocycles. The summed E-state index contributed by atoms with van der Waals surface area (Å²) in [7, 11) is 0. The fourth-order valence-electron chi connectivity index (χ4n) is 4.41. The van der Waals surface area contributed by atoms with E-state index in [2.05, 4.69) is 22.1 Å². The maximum atomic E-state index is 13.4. The van der Waals surface area contributed by atoms with Gasteiger partial charge in [0, 0.05) is 6.54 Å². The van der Waals surface area contributed by atoms with E-state index in [0.29, 0.717) is 50.6 Å². The molecule has 0 atom stereocenters. The number of carbonyl (C=O) groups excluding carboxylic acids is 1. The summed E-state index contributed by atoms with van der Waals surface area (Å²) in [6.07, 6.45) is -1.36. The molecule has 1 heterocycles. The zero-order valence-electron chi connectivity index (χ0n) is 21.2. The van der Waals surface area contributed by atoms with Crippen LogP contribution in [0.3, 0.4) is 0 Å². The molecule has 0 spiro atoms. The van der Waals surface area contributed by atoms with Crippen LogP contribution in [0.5, 0.6) is 0 Å². The molecule has 11 heteroatoms. The van der Waals surface area contributed by atoms with Crippen LogP contribution in [0.25, 0.3) is 0 Å². The minimum atomic E-state index is -4.47. The molecule has 1 fully saturated rings. The molecule has 1 aliphatic carbocycles. The van der Waals surface area contributed by atoms with Gasteiger partial charge in [0.05, 0.1) is 18.0 Å². The zero-order valence-corrected chi connectivity index (χ0v) is 22.0. The van der Waals surface area contributed by atoms with Gasteiger partial charge < -0.3 is 20.1 Å². The van der Waals surface area contributed by atoms with Crippen molar-refractivity contribution in [2.45, 2.75) is 70.7 Å². The van der Waals surface area contributed by atoms with Crippen molar-refractivity contribution in [3.8, 4) is 11.8 Å². The van der Waals surface area contributed by atoms with Crippen molar-refractivity contribution in [3.63, 3.8) is 0 Å². The predicted molar refractivity (Wildman–Crippen MR) is 136 cm³/mol. The van der Waals surface area contributed by atoms with Gasteiger partial charge in [0.2, 0.25) is 5.28 Å². The Labute approximate surface area is 224 Å². The molecule has 0 aliphatic heterocycles. The highest BCUT2D eigenvalue weighted by atomic mass is 35.5. The fourth-order valence-corrected chi connectivity index (χ4v) is 4.63. The van der Waals surface area contributed by atoms with Crippen LogP contribution in [0.2, 0.25) is 5.28 Å². The number of nitrogens with zero attached hydrogens (tertiary/aromatic N) is 2. The summed E-state index contributed by atoms with van der Waals surface area (Å²) < 4.78 is 40.3. The van der Waals surface area contributed by atoms with E-state index in [0.717, 1.165) is 12.1 Å². The number of alkyl halides is 3. The first-order valence-corrected chi connectivity index (χ1v) is 12.9. The SMILES string of the molecule is CCC(O)(C#Cc1nc(Cl)n(Cc2ccc(C(F)(F)F)cc2)c1C(=O)NC[C@H]1CC[C@H](C(=O)O)CC1)CC. The van der Waals surface area contributed by atoms with Crippen LogP contribution in [0, 0.1) is 23.7 Å². The number of aliphatic hydroxyl groups is 1. The normalized spacial score (nSPS) is 18.0. The van der Waals surface area contributed by atoms with Crippen molar-refractivity contribution in [3.05, 3.63) is 52.1 Å². The second-order valence-corrected chi connectivity index (χ2v) is 9.95. The lowest BCUT2D eigenvalue weighted by atomic mass is 9.82. The number of hydrogen-bond donors (Lipinski definition) is 3. The maximum absolute atomic E-state index is 13.4. The minimum absolute atomic E-state index is 0.0239. The molecular formula is C27H31ClF3N3O4. The largest absolute Gasteiger partial charge is 0.481 e. The molecule has 0 radical (unpaired) electrons. The Morgan fingerprint density at radius 2 is 1.74 bits per heavy atom. The van der Waals surface area contributed by atoms with Crippen LogP contribution in [-0.2, 0) is 17.5 Å². The van der Waals surface area contributed by atoms with Crippen LogP contribution in [-0.4, -0.2) is 43.8 Å². The lowest BCUT2D eigenvalue weighted by Gasteiger charge is -2.26. The number of benzene rings is 1. The number of aromatic nitrogens is 2. The smallest absolute Gasteiger partial charge is 0.416 e. The van der Waals surface area contributed by atoms with Crippen molar-refractivity contribution in [2.24, 2.45) is 11.8 Å². The van der Waals surface area contributed by atoms with E-state index in [1.54, 1.807) is 13.8 Å². The molecule has 1 aromatic heterocycles. The van der Waals surface area contributed by atoms with Gasteiger partial charge in [-0.15, -0.1) is 0 Å². The molecule has 7 nitrogen and oxygen atoms in total. The summed E-state index contributed by atoms with van der Waals surface area (Å²) in [5, 5.41) is 22.6. The third-order valence-corrected chi connectivity index (χ3v) is 7.38. The zero-order chi connectivity index (χ0) is 28.1. The van der Waals surface area contributed by atoms with Gasteiger partial charge >= 0.3 is 12.1 Å². The van der Waals surface area contributed by atoms with E-state index in [9.17, 15) is 33.0 Å². The van der Waals surface area contributed by atoms with E-state index in [4.69, 9.17) is 11.6 Å². The molecule has 0 unspecified atom stereocenters. The number of nitrogens with one attached hydrogen (secondary N) is 1. The van der Waals surface area contributed by atoms with Gasteiger partial charge in [0.15, 0.2) is 0 Å². The summed E-state index contributed by atoms with van der Waals surface area (Å²) in [6, 6.07) is 4.52. The Morgan fingerprint density at radius 3 is 2.26 bits per heavy atom. The molecule has 206 valence electrons. The molecule has 1 aliphatic rings. The minimum Gasteiger partial charge on any atom is -0.481 e. The third-order valence-electron chi connectivity index (χ3n) is 7.09. The number of carboxylic acid groups (broad SMARTS) is 1. The van der Waals surface area contributed by atoms with E-state index in [1.165, 1.54) is 16.7 Å². The van der Waals surface area contributed by atoms with E-state index < -0.39 is 29.2 Å². The number of rotatable bonds is 8. The fraction of sp³-hybridized carbons (Fsp3) is 0.519. The van der Waals surface area contributed by atoms with Gasteiger partial charge in [-0.1, -0.05) is 31.9 Å². The highest BCUT2D eigenvalue weighted by Gasteiger charge is 2.31. The van der Waals surface area contributed by atoms with Crippen molar-refractivity contribution < 1.29 is 33.0 Å². The van der Waals surface area contributed by atoms with Crippen LogP contribution in [0.15, 0.2) is 24.3 Å². The average molecular weight is 554 g/mol. The van der Waals surface area contributed by atoms with Gasteiger partial charge in [0.1, 0.15) is 17.0 Å². The first kappa shape index (κ1) is 29.5. The Hall–Kier alpha value is -3.03. The van der Waals surface area contributed by atoms with Crippen molar-refractivity contribution in [1.82, 2.24) is 14.9 Å². The molecule has 1 saturated carbocycles. The molecular weight excluding hydrogens is 523 g/mol. The Morgan fingerprint density at radius 1 is 1.13 bits per heavy atom. The van der Waals surface area contributed by atoms with Crippen LogP contribution >= 0.6 is 11.6 Å². The summed E-state index contributed by atoms with van der Waals surface area (Å²) in [4.78, 5) is 28.8. The topological polar surface area (TPSA) is 104 Å².